The molecule has 104 valence electrons. The summed E-state index contributed by atoms with van der Waals surface area (Å²) in [5.74, 6) is 1.52. The molecule has 0 aliphatic rings. The highest BCUT2D eigenvalue weighted by Crippen LogP contribution is 2.11. The number of anilines is 1. The topological polar surface area (TPSA) is 53.3 Å². The van der Waals surface area contributed by atoms with Gasteiger partial charge in [-0.1, -0.05) is 13.3 Å². The van der Waals surface area contributed by atoms with Gasteiger partial charge in [-0.25, -0.2) is 4.98 Å². The fraction of sp³-hybridized carbons (Fsp3) is 0.769. The number of nitrogens with one attached hydrogen (secondary N) is 1. The van der Waals surface area contributed by atoms with Crippen molar-refractivity contribution in [2.24, 2.45) is 13.0 Å². The van der Waals surface area contributed by atoms with Gasteiger partial charge >= 0.3 is 0 Å². The molecule has 0 aliphatic heterocycles. The van der Waals surface area contributed by atoms with Crippen molar-refractivity contribution in [3.63, 3.8) is 0 Å². The van der Waals surface area contributed by atoms with Crippen molar-refractivity contribution in [1.82, 2.24) is 14.9 Å². The molecule has 1 aromatic rings. The van der Waals surface area contributed by atoms with E-state index in [1.165, 1.54) is 5.69 Å². The normalized spacial score (nSPS) is 12.7. The van der Waals surface area contributed by atoms with E-state index in [4.69, 9.17) is 5.11 Å². The zero-order valence-corrected chi connectivity index (χ0v) is 12.0. The fourth-order valence-electron chi connectivity index (χ4n) is 2.05. The summed E-state index contributed by atoms with van der Waals surface area (Å²) in [6.07, 6.45) is 3.88. The van der Waals surface area contributed by atoms with Crippen LogP contribution >= 0.6 is 0 Å². The first-order valence-corrected chi connectivity index (χ1v) is 6.59. The van der Waals surface area contributed by atoms with Crippen molar-refractivity contribution in [2.45, 2.75) is 26.3 Å². The number of hydrogen-bond acceptors (Lipinski definition) is 4. The van der Waals surface area contributed by atoms with Gasteiger partial charge in [-0.2, -0.15) is 0 Å². The summed E-state index contributed by atoms with van der Waals surface area (Å²) in [7, 11) is 6.02. The number of nitrogens with zero attached hydrogens (tertiary/aromatic N) is 3. The summed E-state index contributed by atoms with van der Waals surface area (Å²) in [6, 6.07) is 0. The molecule has 1 rings (SSSR count). The minimum Gasteiger partial charge on any atom is -0.396 e. The highest BCUT2D eigenvalue weighted by Gasteiger charge is 2.09. The molecule has 0 amide bonds. The van der Waals surface area contributed by atoms with Crippen LogP contribution in [0.1, 0.15) is 25.5 Å². The van der Waals surface area contributed by atoms with Gasteiger partial charge in [0.1, 0.15) is 0 Å². The van der Waals surface area contributed by atoms with Crippen molar-refractivity contribution in [2.75, 3.05) is 32.1 Å². The predicted octanol–water partition coefficient (Wildman–Crippen LogP) is 0.984. The van der Waals surface area contributed by atoms with Crippen LogP contribution in [0.3, 0.4) is 0 Å². The molecule has 1 atom stereocenters. The summed E-state index contributed by atoms with van der Waals surface area (Å²) < 4.78 is 2.10. The van der Waals surface area contributed by atoms with Crippen molar-refractivity contribution in [3.05, 3.63) is 11.9 Å². The van der Waals surface area contributed by atoms with E-state index in [1.54, 1.807) is 0 Å². The Hall–Kier alpha value is -1.07. The molecule has 0 aliphatic carbocycles. The Morgan fingerprint density at radius 2 is 2.22 bits per heavy atom. The zero-order valence-electron chi connectivity index (χ0n) is 12.0. The highest BCUT2D eigenvalue weighted by molar-refractivity contribution is 5.30. The maximum absolute atomic E-state index is 8.95. The van der Waals surface area contributed by atoms with Crippen molar-refractivity contribution < 1.29 is 5.11 Å². The third kappa shape index (κ3) is 3.99. The molecule has 1 heterocycles. The van der Waals surface area contributed by atoms with Gasteiger partial charge in [0.15, 0.2) is 0 Å². The molecule has 0 saturated heterocycles. The summed E-state index contributed by atoms with van der Waals surface area (Å²) >= 11 is 0. The van der Waals surface area contributed by atoms with E-state index in [1.807, 2.05) is 32.2 Å². The number of rotatable bonds is 8. The van der Waals surface area contributed by atoms with Gasteiger partial charge in [0, 0.05) is 34.3 Å². The summed E-state index contributed by atoms with van der Waals surface area (Å²) in [4.78, 5) is 6.38. The molecule has 5 nitrogen and oxygen atoms in total. The Morgan fingerprint density at radius 3 is 2.72 bits per heavy atom. The van der Waals surface area contributed by atoms with Crippen LogP contribution in [0.4, 0.5) is 5.95 Å². The molecule has 0 radical (unpaired) electrons. The van der Waals surface area contributed by atoms with E-state index in [-0.39, 0.29) is 6.61 Å². The molecule has 0 aromatic carbocycles. The van der Waals surface area contributed by atoms with Crippen LogP contribution < -0.4 is 10.2 Å². The van der Waals surface area contributed by atoms with Crippen LogP contribution in [0, 0.1) is 5.92 Å². The first-order valence-electron chi connectivity index (χ1n) is 6.59. The largest absolute Gasteiger partial charge is 0.396 e. The quantitative estimate of drug-likeness (QED) is 0.726. The van der Waals surface area contributed by atoms with Crippen LogP contribution in [-0.4, -0.2) is 41.9 Å². The second-order valence-corrected chi connectivity index (χ2v) is 4.92. The number of aliphatic hydroxyl groups is 1. The van der Waals surface area contributed by atoms with Gasteiger partial charge < -0.3 is 19.9 Å². The average Bonchev–Trinajstić information content (AvgIpc) is 2.70. The summed E-state index contributed by atoms with van der Waals surface area (Å²) in [6.45, 7) is 4.20. The van der Waals surface area contributed by atoms with Crippen molar-refractivity contribution >= 4 is 5.95 Å². The van der Waals surface area contributed by atoms with E-state index < -0.39 is 0 Å². The predicted molar refractivity (Wildman–Crippen MR) is 74.7 cm³/mol. The lowest BCUT2D eigenvalue weighted by Crippen LogP contribution is -2.24. The van der Waals surface area contributed by atoms with E-state index in [0.29, 0.717) is 5.92 Å². The zero-order chi connectivity index (χ0) is 13.5. The van der Waals surface area contributed by atoms with Gasteiger partial charge in [0.25, 0.3) is 0 Å². The molecule has 0 bridgehead atoms. The van der Waals surface area contributed by atoms with E-state index in [2.05, 4.69) is 21.8 Å². The van der Waals surface area contributed by atoms with E-state index >= 15 is 0 Å². The molecule has 18 heavy (non-hydrogen) atoms. The van der Waals surface area contributed by atoms with Crippen LogP contribution in [0.15, 0.2) is 6.20 Å². The molecule has 1 aromatic heterocycles. The van der Waals surface area contributed by atoms with Gasteiger partial charge in [-0.3, -0.25) is 0 Å². The van der Waals surface area contributed by atoms with E-state index in [9.17, 15) is 0 Å². The van der Waals surface area contributed by atoms with E-state index in [0.717, 1.165) is 31.9 Å². The third-order valence-corrected chi connectivity index (χ3v) is 3.31. The minimum absolute atomic E-state index is 0.274. The first kappa shape index (κ1) is 15.0. The molecule has 0 fully saturated rings. The second-order valence-electron chi connectivity index (χ2n) is 4.92. The molecule has 0 spiro atoms. The minimum atomic E-state index is 0.274. The number of aromatic nitrogens is 2. The molecular formula is C13H26N4O. The summed E-state index contributed by atoms with van der Waals surface area (Å²) in [5, 5.41) is 12.4. The lowest BCUT2D eigenvalue weighted by Gasteiger charge is -2.15. The fourth-order valence-corrected chi connectivity index (χ4v) is 2.05. The van der Waals surface area contributed by atoms with Crippen LogP contribution in [-0.2, 0) is 13.6 Å². The lowest BCUT2D eigenvalue weighted by atomic mass is 10.0. The Bertz CT molecular complexity index is 349. The van der Waals surface area contributed by atoms with Crippen LogP contribution in [0.25, 0.3) is 0 Å². The molecular weight excluding hydrogens is 228 g/mol. The Kier molecular flexibility index (Phi) is 6.15. The number of imidazole rings is 1. The Morgan fingerprint density at radius 1 is 1.50 bits per heavy atom. The van der Waals surface area contributed by atoms with Crippen molar-refractivity contribution in [1.29, 1.82) is 0 Å². The molecule has 5 heteroatoms. The maximum atomic E-state index is 8.95. The Balaban J connectivity index is 2.44. The number of hydrogen-bond donors (Lipinski definition) is 2. The molecule has 1 unspecified atom stereocenters. The van der Waals surface area contributed by atoms with Gasteiger partial charge in [0.2, 0.25) is 5.95 Å². The number of aliphatic hydroxyl groups excluding tert-OH is 1. The average molecular weight is 254 g/mol. The second kappa shape index (κ2) is 7.38. The van der Waals surface area contributed by atoms with Gasteiger partial charge in [0.05, 0.1) is 11.9 Å². The lowest BCUT2D eigenvalue weighted by molar-refractivity contribution is 0.251. The standard InChI is InChI=1S/C13H26N4O/c1-5-11(6-7-18)8-14-9-12-10-15-13(16(2)3)17(12)4/h10-11,14,18H,5-9H2,1-4H3. The van der Waals surface area contributed by atoms with Crippen molar-refractivity contribution in [3.8, 4) is 0 Å². The van der Waals surface area contributed by atoms with Gasteiger partial charge in [-0.05, 0) is 18.9 Å². The summed E-state index contributed by atoms with van der Waals surface area (Å²) in [5.41, 5.74) is 1.18. The highest BCUT2D eigenvalue weighted by atomic mass is 16.3. The van der Waals surface area contributed by atoms with Gasteiger partial charge in [-0.15, -0.1) is 0 Å². The maximum Gasteiger partial charge on any atom is 0.204 e. The molecule has 2 N–H and O–H groups in total. The monoisotopic (exact) mass is 254 g/mol. The van der Waals surface area contributed by atoms with Crippen LogP contribution in [0.5, 0.6) is 0 Å². The smallest absolute Gasteiger partial charge is 0.204 e. The SMILES string of the molecule is CCC(CCO)CNCc1cnc(N(C)C)n1C. The van der Waals surface area contributed by atoms with Crippen LogP contribution in [0.2, 0.25) is 0 Å². The molecule has 0 saturated carbocycles. The Labute approximate surface area is 110 Å². The third-order valence-electron chi connectivity index (χ3n) is 3.31. The first-order chi connectivity index (χ1) is 8.60.